The highest BCUT2D eigenvalue weighted by molar-refractivity contribution is 9.10. The van der Waals surface area contributed by atoms with E-state index in [2.05, 4.69) is 21.2 Å². The summed E-state index contributed by atoms with van der Waals surface area (Å²) in [6, 6.07) is 10.5. The van der Waals surface area contributed by atoms with Crippen molar-refractivity contribution in [3.05, 3.63) is 57.0 Å². The van der Waals surface area contributed by atoms with Crippen LogP contribution in [0.4, 0.5) is 5.69 Å². The average Bonchev–Trinajstić information content (AvgIpc) is 2.73. The molecule has 1 amide bonds. The van der Waals surface area contributed by atoms with Gasteiger partial charge in [-0.3, -0.25) is 4.79 Å². The number of phenols is 1. The number of amides is 1. The van der Waals surface area contributed by atoms with Crippen LogP contribution in [-0.2, 0) is 4.79 Å². The summed E-state index contributed by atoms with van der Waals surface area (Å²) in [7, 11) is 0. The highest BCUT2D eigenvalue weighted by atomic mass is 79.9. The number of aromatic hydroxyl groups is 1. The molecule has 0 bridgehead atoms. The highest BCUT2D eigenvalue weighted by Gasteiger charge is 2.25. The van der Waals surface area contributed by atoms with Crippen LogP contribution in [-0.4, -0.2) is 11.0 Å². The number of hydrogen-bond acceptors (Lipinski definition) is 2. The molecule has 1 aliphatic heterocycles. The van der Waals surface area contributed by atoms with Crippen LogP contribution in [0.15, 0.2) is 40.9 Å². The lowest BCUT2D eigenvalue weighted by Crippen LogP contribution is -2.03. The first kappa shape index (κ1) is 13.2. The predicted molar refractivity (Wildman–Crippen MR) is 83.8 cm³/mol. The highest BCUT2D eigenvalue weighted by Crippen LogP contribution is 2.38. The monoisotopic (exact) mass is 349 g/mol. The first-order chi connectivity index (χ1) is 9.56. The number of benzene rings is 2. The molecule has 3 nitrogen and oxygen atoms in total. The van der Waals surface area contributed by atoms with Crippen molar-refractivity contribution in [3.63, 3.8) is 0 Å². The van der Waals surface area contributed by atoms with Gasteiger partial charge in [-0.05, 0) is 45.8 Å². The topological polar surface area (TPSA) is 49.3 Å². The maximum atomic E-state index is 12.1. The Morgan fingerprint density at radius 2 is 2.05 bits per heavy atom. The quantitative estimate of drug-likeness (QED) is 0.753. The van der Waals surface area contributed by atoms with Crippen LogP contribution in [0.5, 0.6) is 5.75 Å². The fourth-order valence-corrected chi connectivity index (χ4v) is 2.76. The van der Waals surface area contributed by atoms with Gasteiger partial charge in [-0.2, -0.15) is 0 Å². The molecule has 2 aromatic carbocycles. The second-order valence-electron chi connectivity index (χ2n) is 4.39. The van der Waals surface area contributed by atoms with E-state index < -0.39 is 0 Å². The van der Waals surface area contributed by atoms with E-state index in [0.29, 0.717) is 5.57 Å². The molecule has 0 spiro atoms. The largest absolute Gasteiger partial charge is 0.506 e. The van der Waals surface area contributed by atoms with E-state index >= 15 is 0 Å². The molecule has 0 fully saturated rings. The number of para-hydroxylation sites is 1. The minimum atomic E-state index is -0.156. The zero-order chi connectivity index (χ0) is 14.3. The molecule has 5 heteroatoms. The van der Waals surface area contributed by atoms with Gasteiger partial charge in [0.15, 0.2) is 0 Å². The summed E-state index contributed by atoms with van der Waals surface area (Å²) >= 11 is 9.29. The molecule has 20 heavy (non-hydrogen) atoms. The molecule has 100 valence electrons. The van der Waals surface area contributed by atoms with E-state index in [1.165, 1.54) is 6.07 Å². The molecule has 0 saturated carbocycles. The zero-order valence-electron chi connectivity index (χ0n) is 10.2. The predicted octanol–water partition coefficient (Wildman–Crippen LogP) is 4.30. The molecule has 2 N–H and O–H groups in total. The second-order valence-corrected chi connectivity index (χ2v) is 5.65. The summed E-state index contributed by atoms with van der Waals surface area (Å²) in [5, 5.41) is 12.5. The number of phenolic OH excluding ortho intramolecular Hbond substituents is 1. The van der Waals surface area contributed by atoms with Crippen LogP contribution in [0.25, 0.3) is 11.6 Å². The van der Waals surface area contributed by atoms with E-state index in [1.807, 2.05) is 18.2 Å². The lowest BCUT2D eigenvalue weighted by atomic mass is 10.0. The smallest absolute Gasteiger partial charge is 0.256 e. The lowest BCUT2D eigenvalue weighted by Gasteiger charge is -2.01. The van der Waals surface area contributed by atoms with Gasteiger partial charge in [0, 0.05) is 15.6 Å². The molecule has 1 heterocycles. The number of anilines is 1. The third-order valence-corrected chi connectivity index (χ3v) is 4.03. The van der Waals surface area contributed by atoms with Crippen molar-refractivity contribution in [1.82, 2.24) is 0 Å². The van der Waals surface area contributed by atoms with E-state index in [1.54, 1.807) is 18.2 Å². The Morgan fingerprint density at radius 1 is 1.25 bits per heavy atom. The molecule has 0 unspecified atom stereocenters. The van der Waals surface area contributed by atoms with Crippen LogP contribution >= 0.6 is 27.5 Å². The van der Waals surface area contributed by atoms with Gasteiger partial charge in [0.2, 0.25) is 0 Å². The summed E-state index contributed by atoms with van der Waals surface area (Å²) in [5.41, 5.74) is 2.94. The Hall–Kier alpha value is -1.78. The zero-order valence-corrected chi connectivity index (χ0v) is 12.5. The van der Waals surface area contributed by atoms with Gasteiger partial charge in [0.1, 0.15) is 5.75 Å². The van der Waals surface area contributed by atoms with E-state index in [0.717, 1.165) is 21.3 Å². The van der Waals surface area contributed by atoms with Crippen molar-refractivity contribution in [2.45, 2.75) is 0 Å². The number of carbonyl (C=O) groups excluding carboxylic acids is 1. The Morgan fingerprint density at radius 3 is 2.80 bits per heavy atom. The van der Waals surface area contributed by atoms with Crippen LogP contribution in [0.2, 0.25) is 5.02 Å². The third-order valence-electron chi connectivity index (χ3n) is 3.07. The normalized spacial score (nSPS) is 15.3. The van der Waals surface area contributed by atoms with E-state index in [9.17, 15) is 9.90 Å². The average molecular weight is 351 g/mol. The molecular formula is C15H9BrClNO2. The van der Waals surface area contributed by atoms with Gasteiger partial charge < -0.3 is 10.4 Å². The molecule has 2 aromatic rings. The fourth-order valence-electron chi connectivity index (χ4n) is 2.10. The van der Waals surface area contributed by atoms with Crippen LogP contribution in [0.1, 0.15) is 11.1 Å². The maximum Gasteiger partial charge on any atom is 0.256 e. The van der Waals surface area contributed by atoms with Gasteiger partial charge in [-0.25, -0.2) is 0 Å². The minimum absolute atomic E-state index is 0.0211. The molecule has 0 radical (unpaired) electrons. The first-order valence-electron chi connectivity index (χ1n) is 5.87. The molecule has 0 aromatic heterocycles. The molecule has 0 aliphatic carbocycles. The maximum absolute atomic E-state index is 12.1. The van der Waals surface area contributed by atoms with Gasteiger partial charge in [0.25, 0.3) is 5.91 Å². The Kier molecular flexibility index (Phi) is 3.28. The van der Waals surface area contributed by atoms with E-state index in [4.69, 9.17) is 11.6 Å². The Balaban J connectivity index is 2.11. The van der Waals surface area contributed by atoms with Crippen LogP contribution < -0.4 is 5.32 Å². The Labute approximate surface area is 129 Å². The number of halogens is 2. The van der Waals surface area contributed by atoms with Gasteiger partial charge in [-0.1, -0.05) is 29.8 Å². The summed E-state index contributed by atoms with van der Waals surface area (Å²) < 4.78 is 0.843. The number of fused-ring (bicyclic) bond motifs is 1. The second kappa shape index (κ2) is 4.96. The van der Waals surface area contributed by atoms with Gasteiger partial charge >= 0.3 is 0 Å². The van der Waals surface area contributed by atoms with E-state index in [-0.39, 0.29) is 16.7 Å². The summed E-state index contributed by atoms with van der Waals surface area (Å²) in [4.78, 5) is 12.1. The first-order valence-corrected chi connectivity index (χ1v) is 7.04. The summed E-state index contributed by atoms with van der Waals surface area (Å²) in [6.07, 6.45) is 1.75. The molecule has 0 saturated heterocycles. The summed E-state index contributed by atoms with van der Waals surface area (Å²) in [5.74, 6) is -0.135. The molecule has 0 atom stereocenters. The molecule has 1 aliphatic rings. The minimum Gasteiger partial charge on any atom is -0.506 e. The van der Waals surface area contributed by atoms with Crippen LogP contribution in [0, 0.1) is 0 Å². The number of rotatable bonds is 1. The third kappa shape index (κ3) is 2.21. The summed E-state index contributed by atoms with van der Waals surface area (Å²) in [6.45, 7) is 0. The van der Waals surface area contributed by atoms with Crippen molar-refractivity contribution in [2.24, 2.45) is 0 Å². The van der Waals surface area contributed by atoms with Gasteiger partial charge in [-0.15, -0.1) is 0 Å². The number of hydrogen-bond donors (Lipinski definition) is 2. The molecular weight excluding hydrogens is 342 g/mol. The number of nitrogens with one attached hydrogen (secondary N) is 1. The van der Waals surface area contributed by atoms with Crippen molar-refractivity contribution < 1.29 is 9.90 Å². The van der Waals surface area contributed by atoms with Gasteiger partial charge in [0.05, 0.1) is 10.7 Å². The van der Waals surface area contributed by atoms with Crippen molar-refractivity contribution in [2.75, 3.05) is 5.32 Å². The van der Waals surface area contributed by atoms with Crippen molar-refractivity contribution in [1.29, 1.82) is 0 Å². The SMILES string of the molecule is O=C1Nc2c(Br)cccc2C1=Cc1ccc(O)c(Cl)c1. The molecule has 3 rings (SSSR count). The van der Waals surface area contributed by atoms with Crippen molar-refractivity contribution in [3.8, 4) is 5.75 Å². The standard InChI is InChI=1S/C15H9BrClNO2/c16-11-3-1-2-9-10(15(20)18-14(9)11)6-8-4-5-13(19)12(17)7-8/h1-7,19H,(H,18,20). The fraction of sp³-hybridized carbons (Fsp3) is 0. The number of carbonyl (C=O) groups is 1. The van der Waals surface area contributed by atoms with Crippen LogP contribution in [0.3, 0.4) is 0 Å². The Bertz CT molecular complexity index is 756. The van der Waals surface area contributed by atoms with Crippen molar-refractivity contribution >= 4 is 50.8 Å². The lowest BCUT2D eigenvalue weighted by molar-refractivity contribution is -0.110.